The second-order valence-corrected chi connectivity index (χ2v) is 7.63. The summed E-state index contributed by atoms with van der Waals surface area (Å²) in [4.78, 5) is 11.9. The number of rotatable bonds is 5. The zero-order valence-electron chi connectivity index (χ0n) is 11.5. The topological polar surface area (TPSA) is 41.1 Å². The minimum absolute atomic E-state index is 0.128. The summed E-state index contributed by atoms with van der Waals surface area (Å²) < 4.78 is 1.44. The van der Waals surface area contributed by atoms with E-state index in [4.69, 9.17) is 23.2 Å². The van der Waals surface area contributed by atoms with Crippen molar-refractivity contribution in [2.24, 2.45) is 5.92 Å². The lowest BCUT2D eigenvalue weighted by atomic mass is 9.94. The quantitative estimate of drug-likeness (QED) is 0.865. The van der Waals surface area contributed by atoms with Crippen LogP contribution in [0.5, 0.6) is 0 Å². The first-order valence-electron chi connectivity index (χ1n) is 7.00. The molecule has 3 nitrogen and oxygen atoms in total. The van der Waals surface area contributed by atoms with Crippen LogP contribution in [0, 0.1) is 5.92 Å². The maximum absolute atomic E-state index is 11.9. The Labute approximate surface area is 134 Å². The molecule has 2 N–H and O–H groups in total. The molecule has 0 aromatic carbocycles. The van der Waals surface area contributed by atoms with E-state index in [1.165, 1.54) is 11.3 Å². The Hall–Kier alpha value is -0.290. The van der Waals surface area contributed by atoms with Gasteiger partial charge in [-0.05, 0) is 43.4 Å². The van der Waals surface area contributed by atoms with Gasteiger partial charge < -0.3 is 10.6 Å². The van der Waals surface area contributed by atoms with Crippen molar-refractivity contribution < 1.29 is 4.79 Å². The molecule has 0 bridgehead atoms. The lowest BCUT2D eigenvalue weighted by Crippen LogP contribution is -2.50. The van der Waals surface area contributed by atoms with Crippen LogP contribution in [0.4, 0.5) is 0 Å². The molecule has 20 heavy (non-hydrogen) atoms. The molecule has 0 spiro atoms. The standard InChI is InChI=1S/C14H20Cl2N2OS/c1-9-5-6-17-8-11(9)18-13(19)4-2-3-10-7-12(15)20-14(10)16/h7,9,11,17H,2-6,8H2,1H3,(H,18,19). The molecule has 112 valence electrons. The number of nitrogens with one attached hydrogen (secondary N) is 2. The van der Waals surface area contributed by atoms with E-state index < -0.39 is 0 Å². The van der Waals surface area contributed by atoms with E-state index in [0.29, 0.717) is 16.7 Å². The van der Waals surface area contributed by atoms with Crippen molar-refractivity contribution in [1.29, 1.82) is 0 Å². The normalized spacial score (nSPS) is 22.8. The van der Waals surface area contributed by atoms with Gasteiger partial charge in [0.15, 0.2) is 0 Å². The van der Waals surface area contributed by atoms with Crippen LogP contribution in [0.15, 0.2) is 6.07 Å². The SMILES string of the molecule is CC1CCNCC1NC(=O)CCCc1cc(Cl)sc1Cl. The van der Waals surface area contributed by atoms with E-state index >= 15 is 0 Å². The third-order valence-electron chi connectivity index (χ3n) is 3.75. The van der Waals surface area contributed by atoms with Gasteiger partial charge >= 0.3 is 0 Å². The first kappa shape index (κ1) is 16.1. The molecule has 1 amide bonds. The van der Waals surface area contributed by atoms with E-state index in [1.54, 1.807) is 0 Å². The Morgan fingerprint density at radius 1 is 1.55 bits per heavy atom. The van der Waals surface area contributed by atoms with Crippen molar-refractivity contribution in [3.8, 4) is 0 Å². The number of halogens is 2. The molecule has 1 saturated heterocycles. The van der Waals surface area contributed by atoms with Crippen LogP contribution in [0.2, 0.25) is 8.67 Å². The number of carbonyl (C=O) groups is 1. The van der Waals surface area contributed by atoms with E-state index in [0.717, 1.165) is 42.3 Å². The Bertz CT molecular complexity index is 464. The number of hydrogen-bond donors (Lipinski definition) is 2. The van der Waals surface area contributed by atoms with Crippen LogP contribution < -0.4 is 10.6 Å². The third-order valence-corrected chi connectivity index (χ3v) is 5.32. The second-order valence-electron chi connectivity index (χ2n) is 5.35. The van der Waals surface area contributed by atoms with Gasteiger partial charge in [0.2, 0.25) is 5.91 Å². The first-order chi connectivity index (χ1) is 9.56. The van der Waals surface area contributed by atoms with Gasteiger partial charge in [-0.25, -0.2) is 0 Å². The molecule has 0 aliphatic carbocycles. The molecular formula is C14H20Cl2N2OS. The number of amides is 1. The summed E-state index contributed by atoms with van der Waals surface area (Å²) >= 11 is 13.3. The zero-order chi connectivity index (χ0) is 14.5. The fourth-order valence-electron chi connectivity index (χ4n) is 2.45. The molecule has 1 aromatic heterocycles. The van der Waals surface area contributed by atoms with Gasteiger partial charge in [0, 0.05) is 19.0 Å². The van der Waals surface area contributed by atoms with Crippen LogP contribution in [-0.4, -0.2) is 25.0 Å². The van der Waals surface area contributed by atoms with Crippen molar-refractivity contribution in [3.05, 3.63) is 20.3 Å². The Morgan fingerprint density at radius 2 is 2.35 bits per heavy atom. The maximum Gasteiger partial charge on any atom is 0.220 e. The molecule has 2 unspecified atom stereocenters. The number of carbonyl (C=O) groups excluding carboxylic acids is 1. The van der Waals surface area contributed by atoms with Crippen LogP contribution in [0.25, 0.3) is 0 Å². The maximum atomic E-state index is 11.9. The van der Waals surface area contributed by atoms with Gasteiger partial charge in [-0.15, -0.1) is 11.3 Å². The predicted octanol–water partition coefficient (Wildman–Crippen LogP) is 3.49. The summed E-state index contributed by atoms with van der Waals surface area (Å²) in [5.41, 5.74) is 1.04. The van der Waals surface area contributed by atoms with E-state index in [2.05, 4.69) is 17.6 Å². The minimum Gasteiger partial charge on any atom is -0.352 e. The molecule has 1 aromatic rings. The van der Waals surface area contributed by atoms with Crippen molar-refractivity contribution in [2.75, 3.05) is 13.1 Å². The number of hydrogen-bond acceptors (Lipinski definition) is 3. The Kier molecular flexibility index (Phi) is 6.15. The highest BCUT2D eigenvalue weighted by molar-refractivity contribution is 7.20. The molecule has 0 radical (unpaired) electrons. The smallest absolute Gasteiger partial charge is 0.220 e. The van der Waals surface area contributed by atoms with Gasteiger partial charge in [-0.2, -0.15) is 0 Å². The first-order valence-corrected chi connectivity index (χ1v) is 8.57. The van der Waals surface area contributed by atoms with E-state index in [1.807, 2.05) is 6.07 Å². The predicted molar refractivity (Wildman–Crippen MR) is 85.9 cm³/mol. The number of piperidine rings is 1. The van der Waals surface area contributed by atoms with E-state index in [9.17, 15) is 4.79 Å². The van der Waals surface area contributed by atoms with Crippen molar-refractivity contribution in [1.82, 2.24) is 10.6 Å². The largest absolute Gasteiger partial charge is 0.352 e. The molecule has 6 heteroatoms. The summed E-state index contributed by atoms with van der Waals surface area (Å²) in [5.74, 6) is 0.674. The van der Waals surface area contributed by atoms with Gasteiger partial charge in [-0.1, -0.05) is 30.1 Å². The van der Waals surface area contributed by atoms with Crippen LogP contribution in [-0.2, 0) is 11.2 Å². The van der Waals surface area contributed by atoms with Crippen LogP contribution in [0.1, 0.15) is 31.7 Å². The highest BCUT2D eigenvalue weighted by Crippen LogP contribution is 2.32. The Balaban J connectivity index is 1.71. The molecule has 1 fully saturated rings. The summed E-state index contributed by atoms with van der Waals surface area (Å²) in [6, 6.07) is 2.15. The zero-order valence-corrected chi connectivity index (χ0v) is 13.9. The average Bonchev–Trinajstić information content (AvgIpc) is 2.71. The monoisotopic (exact) mass is 334 g/mol. The Morgan fingerprint density at radius 3 is 3.00 bits per heavy atom. The summed E-state index contributed by atoms with van der Waals surface area (Å²) in [5, 5.41) is 6.43. The molecule has 1 aliphatic heterocycles. The highest BCUT2D eigenvalue weighted by atomic mass is 35.5. The fraction of sp³-hybridized carbons (Fsp3) is 0.643. The van der Waals surface area contributed by atoms with E-state index in [-0.39, 0.29) is 11.9 Å². The summed E-state index contributed by atoms with van der Waals surface area (Å²) in [6.07, 6.45) is 3.25. The molecule has 0 saturated carbocycles. The van der Waals surface area contributed by atoms with Crippen molar-refractivity contribution >= 4 is 40.4 Å². The lowest BCUT2D eigenvalue weighted by molar-refractivity contribution is -0.122. The number of aryl methyl sites for hydroxylation is 1. The second kappa shape index (κ2) is 7.64. The third kappa shape index (κ3) is 4.62. The van der Waals surface area contributed by atoms with Gasteiger partial charge in [0.25, 0.3) is 0 Å². The van der Waals surface area contributed by atoms with Crippen LogP contribution in [0.3, 0.4) is 0 Å². The average molecular weight is 335 g/mol. The summed E-state index contributed by atoms with van der Waals surface area (Å²) in [7, 11) is 0. The molecule has 2 atom stereocenters. The minimum atomic E-state index is 0.128. The molecule has 1 aliphatic rings. The molecule has 2 heterocycles. The van der Waals surface area contributed by atoms with Gasteiger partial charge in [0.1, 0.15) is 0 Å². The van der Waals surface area contributed by atoms with Crippen LogP contribution >= 0.6 is 34.5 Å². The van der Waals surface area contributed by atoms with Crippen molar-refractivity contribution in [3.63, 3.8) is 0 Å². The summed E-state index contributed by atoms with van der Waals surface area (Å²) in [6.45, 7) is 4.11. The van der Waals surface area contributed by atoms with Crippen molar-refractivity contribution in [2.45, 2.75) is 38.6 Å². The fourth-order valence-corrected chi connectivity index (χ4v) is 3.99. The van der Waals surface area contributed by atoms with Gasteiger partial charge in [-0.3, -0.25) is 4.79 Å². The number of thiophene rings is 1. The highest BCUT2D eigenvalue weighted by Gasteiger charge is 2.22. The molecular weight excluding hydrogens is 315 g/mol. The van der Waals surface area contributed by atoms with Gasteiger partial charge in [0.05, 0.1) is 8.67 Å². The molecule has 2 rings (SSSR count). The lowest BCUT2D eigenvalue weighted by Gasteiger charge is -2.30.